The van der Waals surface area contributed by atoms with E-state index >= 15 is 0 Å². The molecule has 1 aliphatic rings. The van der Waals surface area contributed by atoms with Crippen LogP contribution in [-0.2, 0) is 0 Å². The normalized spacial score (nSPS) is 14.1. The number of nitrogens with two attached hydrogens (primary N) is 1. The van der Waals surface area contributed by atoms with Crippen molar-refractivity contribution in [3.8, 4) is 0 Å². The van der Waals surface area contributed by atoms with Crippen molar-refractivity contribution < 1.29 is 31.4 Å². The molecule has 0 saturated carbocycles. The van der Waals surface area contributed by atoms with Crippen LogP contribution in [0, 0.1) is 0 Å². The van der Waals surface area contributed by atoms with Gasteiger partial charge < -0.3 is 6.87 Å². The minimum atomic E-state index is -3.76. The molecule has 0 bridgehead atoms. The van der Waals surface area contributed by atoms with Crippen LogP contribution in [0.25, 0.3) is 0 Å². The predicted molar refractivity (Wildman–Crippen MR) is 29.7 cm³/mol. The Kier molecular flexibility index (Phi) is 6.16. The number of hydrogen-bond acceptors (Lipinski definition) is 6. The molecular weight excluding hydrogens is 265 g/mol. The van der Waals surface area contributed by atoms with Crippen LogP contribution in [0.3, 0.4) is 0 Å². The summed E-state index contributed by atoms with van der Waals surface area (Å²) in [6.07, 6.45) is 7.18. The average molecular weight is 273 g/mol. The zero-order valence-corrected chi connectivity index (χ0v) is 7.63. The van der Waals surface area contributed by atoms with E-state index in [1.165, 1.54) is 5.12 Å². The summed E-state index contributed by atoms with van der Waals surface area (Å²) in [5.74, 6) is 5.22. The molecule has 0 spiro atoms. The molecule has 1 aliphatic heterocycles. The first-order valence-electron chi connectivity index (χ1n) is 2.51. The molecule has 7 heteroatoms. The second-order valence-corrected chi connectivity index (χ2v) is 2.59. The van der Waals surface area contributed by atoms with Crippen LogP contribution < -0.4 is 39.2 Å². The van der Waals surface area contributed by atoms with Crippen LogP contribution in [-0.4, -0.2) is 8.55 Å². The van der Waals surface area contributed by atoms with Gasteiger partial charge in [-0.3, -0.25) is 5.43 Å². The first-order chi connectivity index (χ1) is 5.13. The van der Waals surface area contributed by atoms with Crippen molar-refractivity contribution in [2.45, 2.75) is 0 Å². The number of halogens is 1. The second kappa shape index (κ2) is 6.37. The van der Waals surface area contributed by atoms with Gasteiger partial charge in [0.15, 0.2) is 0 Å². The summed E-state index contributed by atoms with van der Waals surface area (Å²) in [5.41, 5.74) is 2.73. The molecule has 64 valence electrons. The SMILES string of the molecule is NN1C=CC=CN1.[O-][I+2]([O-])O. The Balaban J connectivity index is 0.000000218. The molecule has 0 aromatic rings. The van der Waals surface area contributed by atoms with Gasteiger partial charge in [0.1, 0.15) is 0 Å². The number of allylic oxidation sites excluding steroid dienone is 2. The predicted octanol–water partition coefficient (Wildman–Crippen LogP) is -6.22. The molecule has 1 heterocycles. The summed E-state index contributed by atoms with van der Waals surface area (Å²) >= 11 is -3.76. The maximum absolute atomic E-state index is 8.68. The Hall–Kier alpha value is -0.350. The van der Waals surface area contributed by atoms with E-state index in [1.54, 1.807) is 12.4 Å². The standard InChI is InChI=1S/C4H7N3.HIO3/c5-7-4-2-1-3-6-7;2-1(3)4/h1-4,6H,5H2;2H. The van der Waals surface area contributed by atoms with Gasteiger partial charge in [-0.2, -0.15) is 0 Å². The van der Waals surface area contributed by atoms with Crippen molar-refractivity contribution in [3.63, 3.8) is 0 Å². The third-order valence-corrected chi connectivity index (χ3v) is 0.678. The Labute approximate surface area is 72.6 Å². The van der Waals surface area contributed by atoms with Crippen LogP contribution >= 0.6 is 0 Å². The Bertz CT molecular complexity index is 147. The van der Waals surface area contributed by atoms with Crippen LogP contribution in [0.4, 0.5) is 0 Å². The Morgan fingerprint density at radius 1 is 1.45 bits per heavy atom. The van der Waals surface area contributed by atoms with Gasteiger partial charge in [-0.05, 0) is 15.6 Å². The number of nitrogens with one attached hydrogen (secondary N) is 1. The molecule has 0 unspecified atom stereocenters. The van der Waals surface area contributed by atoms with Crippen LogP contribution in [0.5, 0.6) is 0 Å². The summed E-state index contributed by atoms with van der Waals surface area (Å²) in [6.45, 7) is 0. The van der Waals surface area contributed by atoms with Gasteiger partial charge >= 0.3 is 21.1 Å². The molecule has 1 rings (SSSR count). The van der Waals surface area contributed by atoms with Gasteiger partial charge in [0.05, 0.1) is 0 Å². The lowest BCUT2D eigenvalue weighted by atomic mass is 10.5. The van der Waals surface area contributed by atoms with Crippen molar-refractivity contribution >= 4 is 0 Å². The fourth-order valence-corrected chi connectivity index (χ4v) is 0.370. The molecule has 0 aliphatic carbocycles. The van der Waals surface area contributed by atoms with Crippen LogP contribution in [0.1, 0.15) is 0 Å². The van der Waals surface area contributed by atoms with Gasteiger partial charge in [-0.15, -0.1) is 0 Å². The molecule has 0 fully saturated rings. The largest absolute Gasteiger partial charge is 0.503 e. The first-order valence-corrected chi connectivity index (χ1v) is 5.23. The quantitative estimate of drug-likeness (QED) is 0.299. The van der Waals surface area contributed by atoms with Crippen molar-refractivity contribution in [2.75, 3.05) is 0 Å². The molecule has 11 heavy (non-hydrogen) atoms. The van der Waals surface area contributed by atoms with E-state index in [-0.39, 0.29) is 0 Å². The van der Waals surface area contributed by atoms with E-state index in [0.29, 0.717) is 0 Å². The molecule has 0 amide bonds. The van der Waals surface area contributed by atoms with Gasteiger partial charge in [0, 0.05) is 12.4 Å². The molecule has 0 atom stereocenters. The third kappa shape index (κ3) is 9.65. The van der Waals surface area contributed by atoms with Crippen LogP contribution in [0.2, 0.25) is 0 Å². The van der Waals surface area contributed by atoms with Gasteiger partial charge in [0.25, 0.3) is 0 Å². The molecule has 0 aromatic heterocycles. The van der Waals surface area contributed by atoms with Crippen molar-refractivity contribution in [3.05, 3.63) is 24.6 Å². The lowest BCUT2D eigenvalue weighted by Crippen LogP contribution is -3.98. The van der Waals surface area contributed by atoms with Crippen molar-refractivity contribution in [1.82, 2.24) is 10.5 Å². The van der Waals surface area contributed by atoms with Crippen LogP contribution in [0.15, 0.2) is 24.6 Å². The van der Waals surface area contributed by atoms with E-state index in [4.69, 9.17) is 16.2 Å². The maximum atomic E-state index is 8.68. The van der Waals surface area contributed by atoms with E-state index in [9.17, 15) is 0 Å². The monoisotopic (exact) mass is 273 g/mol. The van der Waals surface area contributed by atoms with E-state index in [1.807, 2.05) is 12.2 Å². The summed E-state index contributed by atoms with van der Waals surface area (Å²) < 4.78 is 24.5. The van der Waals surface area contributed by atoms with Crippen molar-refractivity contribution in [2.24, 2.45) is 5.84 Å². The zero-order valence-electron chi connectivity index (χ0n) is 5.48. The lowest BCUT2D eigenvalue weighted by molar-refractivity contribution is -1.63. The highest BCUT2D eigenvalue weighted by molar-refractivity contribution is 5.03. The third-order valence-electron chi connectivity index (χ3n) is 0.678. The molecule has 4 N–H and O–H groups in total. The number of nitrogens with zero attached hydrogens (tertiary/aromatic N) is 1. The highest BCUT2D eigenvalue weighted by Gasteiger charge is 1.89. The minimum Gasteiger partial charge on any atom is -0.396 e. The van der Waals surface area contributed by atoms with E-state index in [0.717, 1.165) is 0 Å². The molecular formula is C4H8IN3O3. The summed E-state index contributed by atoms with van der Waals surface area (Å²) in [6, 6.07) is 0. The first kappa shape index (κ1) is 10.7. The second-order valence-electron chi connectivity index (χ2n) is 1.44. The Morgan fingerprint density at radius 2 is 2.00 bits per heavy atom. The van der Waals surface area contributed by atoms with Gasteiger partial charge in [-0.25, -0.2) is 11.0 Å². The minimum absolute atomic E-state index is 1.38. The molecule has 6 nitrogen and oxygen atoms in total. The van der Waals surface area contributed by atoms with E-state index < -0.39 is 21.1 Å². The lowest BCUT2D eigenvalue weighted by Gasteiger charge is -2.13. The zero-order chi connectivity index (χ0) is 8.69. The smallest absolute Gasteiger partial charge is 0.396 e. The highest BCUT2D eigenvalue weighted by Crippen LogP contribution is 1.82. The molecule has 0 aromatic carbocycles. The summed E-state index contributed by atoms with van der Waals surface area (Å²) in [4.78, 5) is 0. The van der Waals surface area contributed by atoms with E-state index in [2.05, 4.69) is 5.43 Å². The number of hydrazine groups is 2. The van der Waals surface area contributed by atoms with Gasteiger partial charge in [-0.1, -0.05) is 0 Å². The average Bonchev–Trinajstić information content (AvgIpc) is 1.87. The maximum Gasteiger partial charge on any atom is 0.503 e. The summed E-state index contributed by atoms with van der Waals surface area (Å²) in [7, 11) is 0. The van der Waals surface area contributed by atoms with Crippen molar-refractivity contribution in [1.29, 1.82) is 0 Å². The fourth-order valence-electron chi connectivity index (χ4n) is 0.370. The topological polar surface area (TPSA) is 108 Å². The number of hydrogen-bond donors (Lipinski definition) is 3. The van der Waals surface area contributed by atoms with Gasteiger partial charge in [0.2, 0.25) is 0 Å². The summed E-state index contributed by atoms with van der Waals surface area (Å²) in [5, 5.41) is 1.38. The molecule has 0 saturated heterocycles. The highest BCUT2D eigenvalue weighted by atomic mass is 127. The molecule has 0 radical (unpaired) electrons. The Morgan fingerprint density at radius 3 is 2.18 bits per heavy atom. The fraction of sp³-hybridized carbons (Fsp3) is 0. The number of rotatable bonds is 0.